The summed E-state index contributed by atoms with van der Waals surface area (Å²) in [5, 5.41) is 9.25. The molecule has 0 unspecified atom stereocenters. The average molecular weight is 646 g/mol. The molecule has 4 rings (SSSR count). The van der Waals surface area contributed by atoms with Gasteiger partial charge in [-0.1, -0.05) is 25.2 Å². The number of thiophene rings is 1. The van der Waals surface area contributed by atoms with Gasteiger partial charge < -0.3 is 18.9 Å². The summed E-state index contributed by atoms with van der Waals surface area (Å²) in [6.45, 7) is 9.43. The minimum atomic E-state index is -1.47. The van der Waals surface area contributed by atoms with E-state index >= 15 is 0 Å². The van der Waals surface area contributed by atoms with E-state index in [4.69, 9.17) is 18.9 Å². The van der Waals surface area contributed by atoms with Gasteiger partial charge in [-0.25, -0.2) is 13.8 Å². The number of ether oxygens (including phenoxy) is 4. The summed E-state index contributed by atoms with van der Waals surface area (Å²) in [6.07, 6.45) is 2.29. The number of Topliss-reactive ketones (excluding diaryl/α,β-unsaturated/α-hetero) is 1. The van der Waals surface area contributed by atoms with Gasteiger partial charge >= 0.3 is 5.69 Å². The number of carbonyl (C=O) groups excluding carboxylic acids is 1. The van der Waals surface area contributed by atoms with Crippen molar-refractivity contribution in [2.45, 2.75) is 59.2 Å². The van der Waals surface area contributed by atoms with E-state index in [1.54, 1.807) is 27.9 Å². The molecule has 0 amide bonds. The van der Waals surface area contributed by atoms with Gasteiger partial charge in [0.2, 0.25) is 0 Å². The number of aryl methyl sites for hydroxylation is 1. The highest BCUT2D eigenvalue weighted by Crippen LogP contribution is 2.34. The summed E-state index contributed by atoms with van der Waals surface area (Å²) >= 11 is 1.17. The predicted octanol–water partition coefficient (Wildman–Crippen LogP) is 4.03. The standard InChI is InChI=1S/C31H40FN5O7S/c1-19(2)16-25(38)31(4,5)36-27(39)26-20(3)28(37-33-10-11-34-37)45-29(26)35(30(36)40)18-24(44-15-13-42-7)22-17-21(32)8-9-23(22)43-14-12-41-6/h8-11,17,19,24H,12-16,18H2,1-7H3/t24-/m0/s1. The number of carbonyl (C=O) groups is 1. The zero-order valence-corrected chi connectivity index (χ0v) is 27.5. The first-order valence-corrected chi connectivity index (χ1v) is 15.4. The van der Waals surface area contributed by atoms with Crippen molar-refractivity contribution in [3.05, 3.63) is 68.4 Å². The number of rotatable bonds is 16. The van der Waals surface area contributed by atoms with Crippen molar-refractivity contribution in [2.75, 3.05) is 40.6 Å². The van der Waals surface area contributed by atoms with Crippen LogP contribution in [0.15, 0.2) is 40.2 Å². The Bertz CT molecular complexity index is 1740. The van der Waals surface area contributed by atoms with E-state index in [0.717, 1.165) is 4.57 Å². The van der Waals surface area contributed by atoms with E-state index in [1.807, 2.05) is 13.8 Å². The van der Waals surface area contributed by atoms with Gasteiger partial charge in [-0.3, -0.25) is 14.2 Å². The summed E-state index contributed by atoms with van der Waals surface area (Å²) in [5.41, 5.74) is -1.84. The van der Waals surface area contributed by atoms with Gasteiger partial charge in [0.15, 0.2) is 5.78 Å². The van der Waals surface area contributed by atoms with E-state index in [-0.39, 0.29) is 49.9 Å². The highest BCUT2D eigenvalue weighted by molar-refractivity contribution is 7.21. The molecule has 1 atom stereocenters. The number of benzene rings is 1. The third-order valence-corrected chi connectivity index (χ3v) is 8.72. The molecule has 0 saturated carbocycles. The molecule has 0 aliphatic rings. The lowest BCUT2D eigenvalue weighted by Gasteiger charge is -2.28. The maximum absolute atomic E-state index is 14.7. The van der Waals surface area contributed by atoms with E-state index in [0.29, 0.717) is 33.3 Å². The van der Waals surface area contributed by atoms with Crippen molar-refractivity contribution in [1.29, 1.82) is 0 Å². The van der Waals surface area contributed by atoms with Gasteiger partial charge in [0, 0.05) is 31.8 Å². The number of methoxy groups -OCH3 is 2. The van der Waals surface area contributed by atoms with Crippen molar-refractivity contribution in [3.8, 4) is 10.8 Å². The van der Waals surface area contributed by atoms with E-state index < -0.39 is 28.7 Å². The van der Waals surface area contributed by atoms with Crippen LogP contribution in [-0.2, 0) is 31.1 Å². The Kier molecular flexibility index (Phi) is 11.1. The Morgan fingerprint density at radius 1 is 1.04 bits per heavy atom. The molecule has 0 bridgehead atoms. The SMILES string of the molecule is COCCOc1ccc(F)cc1[C@H](Cn1c(=O)n(C(C)(C)C(=O)CC(C)C)c(=O)c2c(C)c(-n3nccn3)sc21)OCCOC. The molecule has 14 heteroatoms. The molecule has 12 nitrogen and oxygen atoms in total. The lowest BCUT2D eigenvalue weighted by atomic mass is 9.91. The van der Waals surface area contributed by atoms with Crippen molar-refractivity contribution >= 4 is 27.3 Å². The monoisotopic (exact) mass is 645 g/mol. The van der Waals surface area contributed by atoms with Crippen LogP contribution in [0, 0.1) is 18.7 Å². The van der Waals surface area contributed by atoms with Gasteiger partial charge in [-0.05, 0) is 44.9 Å². The molecular formula is C31H40FN5O7S. The molecule has 45 heavy (non-hydrogen) atoms. The second-order valence-electron chi connectivity index (χ2n) is 11.5. The van der Waals surface area contributed by atoms with Crippen LogP contribution in [0.3, 0.4) is 0 Å². The van der Waals surface area contributed by atoms with Gasteiger partial charge in [0.25, 0.3) is 5.56 Å². The Morgan fingerprint density at radius 2 is 1.71 bits per heavy atom. The van der Waals surface area contributed by atoms with Crippen LogP contribution in [0.2, 0.25) is 0 Å². The lowest BCUT2D eigenvalue weighted by molar-refractivity contribution is -0.127. The molecule has 0 spiro atoms. The molecule has 244 valence electrons. The molecule has 3 aromatic heterocycles. The zero-order valence-electron chi connectivity index (χ0n) is 26.7. The number of hydrogen-bond donors (Lipinski definition) is 0. The lowest BCUT2D eigenvalue weighted by Crippen LogP contribution is -2.53. The van der Waals surface area contributed by atoms with Gasteiger partial charge in [-0.2, -0.15) is 10.2 Å². The second-order valence-corrected chi connectivity index (χ2v) is 12.5. The van der Waals surface area contributed by atoms with Crippen LogP contribution in [0.5, 0.6) is 5.75 Å². The zero-order chi connectivity index (χ0) is 32.9. The molecular weight excluding hydrogens is 605 g/mol. The topological polar surface area (TPSA) is 129 Å². The molecule has 4 aromatic rings. The van der Waals surface area contributed by atoms with E-state index in [1.165, 1.54) is 58.4 Å². The molecule has 0 fully saturated rings. The van der Waals surface area contributed by atoms with Crippen LogP contribution in [0.25, 0.3) is 15.2 Å². The van der Waals surface area contributed by atoms with Crippen LogP contribution in [-0.4, -0.2) is 70.6 Å². The van der Waals surface area contributed by atoms with Crippen LogP contribution in [0.4, 0.5) is 4.39 Å². The van der Waals surface area contributed by atoms with Gasteiger partial charge in [-0.15, -0.1) is 4.80 Å². The first-order valence-electron chi connectivity index (χ1n) is 14.6. The smallest absolute Gasteiger partial charge is 0.333 e. The van der Waals surface area contributed by atoms with Gasteiger partial charge in [0.05, 0.1) is 44.1 Å². The second kappa shape index (κ2) is 14.6. The minimum Gasteiger partial charge on any atom is -0.491 e. The molecule has 1 aromatic carbocycles. The molecule has 3 heterocycles. The first-order chi connectivity index (χ1) is 21.4. The number of aromatic nitrogens is 5. The summed E-state index contributed by atoms with van der Waals surface area (Å²) in [6, 6.07) is 4.07. The van der Waals surface area contributed by atoms with Crippen LogP contribution < -0.4 is 16.0 Å². The molecule has 0 saturated heterocycles. The minimum absolute atomic E-state index is 0.0156. The molecule has 0 radical (unpaired) electrons. The van der Waals surface area contributed by atoms with Gasteiger partial charge in [0.1, 0.15) is 39.6 Å². The fraction of sp³-hybridized carbons (Fsp3) is 0.516. The quantitative estimate of drug-likeness (QED) is 0.166. The molecule has 0 N–H and O–H groups in total. The van der Waals surface area contributed by atoms with Crippen molar-refractivity contribution in [2.24, 2.45) is 5.92 Å². The fourth-order valence-corrected chi connectivity index (χ4v) is 6.28. The number of ketones is 1. The highest BCUT2D eigenvalue weighted by atomic mass is 32.1. The Labute approximate surface area is 264 Å². The Balaban J connectivity index is 1.99. The number of halogens is 1. The first kappa shape index (κ1) is 34.2. The summed E-state index contributed by atoms with van der Waals surface area (Å²) in [4.78, 5) is 43.8. The van der Waals surface area contributed by atoms with Crippen molar-refractivity contribution in [3.63, 3.8) is 0 Å². The van der Waals surface area contributed by atoms with Crippen molar-refractivity contribution < 1.29 is 28.1 Å². The summed E-state index contributed by atoms with van der Waals surface area (Å²) in [7, 11) is 3.07. The third-order valence-electron chi connectivity index (χ3n) is 7.44. The van der Waals surface area contributed by atoms with E-state index in [2.05, 4.69) is 10.2 Å². The third kappa shape index (κ3) is 7.24. The normalized spacial score (nSPS) is 12.7. The maximum Gasteiger partial charge on any atom is 0.333 e. The number of fused-ring (bicyclic) bond motifs is 1. The Hall–Kier alpha value is -3.72. The maximum atomic E-state index is 14.7. The summed E-state index contributed by atoms with van der Waals surface area (Å²) in [5.74, 6) is -0.408. The fourth-order valence-electron chi connectivity index (χ4n) is 5.06. The van der Waals surface area contributed by atoms with E-state index in [9.17, 15) is 18.8 Å². The number of nitrogens with zero attached hydrogens (tertiary/aromatic N) is 5. The molecule has 0 aliphatic heterocycles. The number of hydrogen-bond acceptors (Lipinski definition) is 10. The summed E-state index contributed by atoms with van der Waals surface area (Å²) < 4.78 is 39.5. The largest absolute Gasteiger partial charge is 0.491 e. The predicted molar refractivity (Wildman–Crippen MR) is 168 cm³/mol. The van der Waals surface area contributed by atoms with Crippen LogP contribution in [0.1, 0.15) is 51.3 Å². The highest BCUT2D eigenvalue weighted by Gasteiger charge is 2.36. The average Bonchev–Trinajstić information content (AvgIpc) is 3.63. The molecule has 0 aliphatic carbocycles. The Morgan fingerprint density at radius 3 is 2.36 bits per heavy atom. The van der Waals surface area contributed by atoms with Crippen molar-refractivity contribution in [1.82, 2.24) is 24.1 Å². The van der Waals surface area contributed by atoms with Crippen LogP contribution >= 0.6 is 11.3 Å².